The maximum absolute atomic E-state index is 4.44. The van der Waals surface area contributed by atoms with Crippen LogP contribution in [-0.4, -0.2) is 16.1 Å². The van der Waals surface area contributed by atoms with Gasteiger partial charge in [-0.1, -0.05) is 27.2 Å². The molecule has 1 aromatic heterocycles. The predicted octanol–water partition coefficient (Wildman–Crippen LogP) is 2.51. The molecule has 0 aliphatic heterocycles. The molecule has 0 fully saturated rings. The maximum atomic E-state index is 4.44. The van der Waals surface area contributed by atoms with Gasteiger partial charge in [0.2, 0.25) is 0 Å². The third-order valence-electron chi connectivity index (χ3n) is 2.78. The van der Waals surface area contributed by atoms with E-state index >= 15 is 0 Å². The van der Waals surface area contributed by atoms with Crippen molar-refractivity contribution >= 4 is 0 Å². The van der Waals surface area contributed by atoms with Crippen LogP contribution in [0.25, 0.3) is 0 Å². The molecule has 1 N–H and O–H groups in total. The minimum absolute atomic E-state index is 0.399. The van der Waals surface area contributed by atoms with E-state index in [9.17, 15) is 0 Å². The van der Waals surface area contributed by atoms with Crippen molar-refractivity contribution in [3.63, 3.8) is 0 Å². The minimum Gasteiger partial charge on any atom is -0.340 e. The number of rotatable bonds is 6. The Morgan fingerprint density at radius 1 is 1.47 bits per heavy atom. The van der Waals surface area contributed by atoms with Crippen molar-refractivity contribution in [2.45, 2.75) is 39.7 Å². The second kappa shape index (κ2) is 5.91. The molecular weight excluding hydrogens is 186 g/mol. The summed E-state index contributed by atoms with van der Waals surface area (Å²) in [6, 6.07) is 0.399. The van der Waals surface area contributed by atoms with Gasteiger partial charge in [-0.25, -0.2) is 4.98 Å². The lowest BCUT2D eigenvalue weighted by Crippen LogP contribution is -2.27. The first-order valence-electron chi connectivity index (χ1n) is 5.90. The van der Waals surface area contributed by atoms with Gasteiger partial charge in [0.1, 0.15) is 0 Å². The zero-order chi connectivity index (χ0) is 11.3. The van der Waals surface area contributed by atoms with Crippen molar-refractivity contribution in [2.24, 2.45) is 13.0 Å². The highest BCUT2D eigenvalue weighted by Gasteiger charge is 2.19. The Morgan fingerprint density at radius 2 is 2.20 bits per heavy atom. The summed E-state index contributed by atoms with van der Waals surface area (Å²) >= 11 is 0. The highest BCUT2D eigenvalue weighted by Crippen LogP contribution is 2.23. The lowest BCUT2D eigenvalue weighted by atomic mass is 9.95. The second-order valence-corrected chi connectivity index (χ2v) is 4.27. The zero-order valence-electron chi connectivity index (χ0n) is 10.3. The highest BCUT2D eigenvalue weighted by atomic mass is 15.0. The largest absolute Gasteiger partial charge is 0.340 e. The van der Waals surface area contributed by atoms with Gasteiger partial charge in [-0.15, -0.1) is 0 Å². The summed E-state index contributed by atoms with van der Waals surface area (Å²) in [6.45, 7) is 7.67. The molecule has 0 aliphatic rings. The Balaban J connectivity index is 2.72. The molecule has 86 valence electrons. The Hall–Kier alpha value is -0.830. The van der Waals surface area contributed by atoms with Crippen molar-refractivity contribution < 1.29 is 0 Å². The molecule has 0 aliphatic carbocycles. The summed E-state index contributed by atoms with van der Waals surface area (Å²) < 4.78 is 2.01. The molecule has 2 unspecified atom stereocenters. The summed E-state index contributed by atoms with van der Waals surface area (Å²) in [7, 11) is 2.02. The number of nitrogens with one attached hydrogen (secondary N) is 1. The van der Waals surface area contributed by atoms with Gasteiger partial charge in [-0.3, -0.25) is 0 Å². The van der Waals surface area contributed by atoms with E-state index in [0.717, 1.165) is 6.54 Å². The standard InChI is InChI=1S/C12H23N3/c1-5-7-10(3)12(13-6-2)11-8-15(4)9-14-11/h8-10,12-13H,5-7H2,1-4H3. The lowest BCUT2D eigenvalue weighted by Gasteiger charge is -2.22. The SMILES string of the molecule is CCCC(C)C(NCC)c1cn(C)cn1. The molecule has 15 heavy (non-hydrogen) atoms. The fourth-order valence-electron chi connectivity index (χ4n) is 2.03. The van der Waals surface area contributed by atoms with Crippen LogP contribution in [0.1, 0.15) is 45.3 Å². The van der Waals surface area contributed by atoms with Crippen LogP contribution in [0, 0.1) is 5.92 Å². The molecular formula is C12H23N3. The molecule has 3 nitrogen and oxygen atoms in total. The molecule has 3 heteroatoms. The number of nitrogens with zero attached hydrogens (tertiary/aromatic N) is 2. The van der Waals surface area contributed by atoms with E-state index in [1.807, 2.05) is 17.9 Å². The smallest absolute Gasteiger partial charge is 0.0947 e. The third kappa shape index (κ3) is 3.34. The summed E-state index contributed by atoms with van der Waals surface area (Å²) in [5.74, 6) is 0.643. The molecule has 0 saturated heterocycles. The molecule has 1 aromatic rings. The molecule has 0 saturated carbocycles. The van der Waals surface area contributed by atoms with E-state index < -0.39 is 0 Å². The monoisotopic (exact) mass is 209 g/mol. The average molecular weight is 209 g/mol. The van der Waals surface area contributed by atoms with Crippen LogP contribution in [0.2, 0.25) is 0 Å². The maximum Gasteiger partial charge on any atom is 0.0947 e. The topological polar surface area (TPSA) is 29.9 Å². The number of aromatic nitrogens is 2. The van der Waals surface area contributed by atoms with Gasteiger partial charge in [-0.2, -0.15) is 0 Å². The first kappa shape index (κ1) is 12.2. The molecule has 0 radical (unpaired) electrons. The van der Waals surface area contributed by atoms with E-state index in [1.54, 1.807) is 0 Å². The van der Waals surface area contributed by atoms with Gasteiger partial charge in [0.25, 0.3) is 0 Å². The predicted molar refractivity (Wildman–Crippen MR) is 63.7 cm³/mol. The lowest BCUT2D eigenvalue weighted by molar-refractivity contribution is 0.363. The molecule has 0 aromatic carbocycles. The van der Waals surface area contributed by atoms with Crippen LogP contribution in [0.5, 0.6) is 0 Å². The number of aryl methyl sites for hydroxylation is 1. The fraction of sp³-hybridized carbons (Fsp3) is 0.750. The Kier molecular flexibility index (Phi) is 4.82. The van der Waals surface area contributed by atoms with E-state index in [-0.39, 0.29) is 0 Å². The van der Waals surface area contributed by atoms with Crippen molar-refractivity contribution in [2.75, 3.05) is 6.54 Å². The molecule has 2 atom stereocenters. The quantitative estimate of drug-likeness (QED) is 0.780. The molecule has 0 amide bonds. The van der Waals surface area contributed by atoms with Crippen molar-refractivity contribution in [1.29, 1.82) is 0 Å². The number of hydrogen-bond acceptors (Lipinski definition) is 2. The summed E-state index contributed by atoms with van der Waals surface area (Å²) in [6.07, 6.45) is 6.46. The minimum atomic E-state index is 0.399. The zero-order valence-corrected chi connectivity index (χ0v) is 10.3. The molecule has 0 bridgehead atoms. The number of hydrogen-bond donors (Lipinski definition) is 1. The van der Waals surface area contributed by atoms with Gasteiger partial charge in [0.05, 0.1) is 18.1 Å². The normalized spacial score (nSPS) is 15.2. The van der Waals surface area contributed by atoms with Gasteiger partial charge in [-0.05, 0) is 18.9 Å². The van der Waals surface area contributed by atoms with Crippen LogP contribution >= 0.6 is 0 Å². The van der Waals surface area contributed by atoms with Crippen molar-refractivity contribution in [3.05, 3.63) is 18.2 Å². The van der Waals surface area contributed by atoms with Crippen LogP contribution in [-0.2, 0) is 7.05 Å². The van der Waals surface area contributed by atoms with Crippen LogP contribution < -0.4 is 5.32 Å². The fourth-order valence-corrected chi connectivity index (χ4v) is 2.03. The Labute approximate surface area is 92.9 Å². The Morgan fingerprint density at radius 3 is 2.67 bits per heavy atom. The molecule has 1 heterocycles. The van der Waals surface area contributed by atoms with Gasteiger partial charge in [0.15, 0.2) is 0 Å². The average Bonchev–Trinajstić information content (AvgIpc) is 2.61. The first-order valence-corrected chi connectivity index (χ1v) is 5.90. The van der Waals surface area contributed by atoms with E-state index in [4.69, 9.17) is 0 Å². The van der Waals surface area contributed by atoms with Crippen molar-refractivity contribution in [1.82, 2.24) is 14.9 Å². The van der Waals surface area contributed by atoms with Crippen LogP contribution in [0.3, 0.4) is 0 Å². The number of imidazole rings is 1. The van der Waals surface area contributed by atoms with Crippen LogP contribution in [0.4, 0.5) is 0 Å². The van der Waals surface area contributed by atoms with Gasteiger partial charge in [0, 0.05) is 13.2 Å². The highest BCUT2D eigenvalue weighted by molar-refractivity contribution is 5.05. The van der Waals surface area contributed by atoms with Gasteiger partial charge >= 0.3 is 0 Å². The van der Waals surface area contributed by atoms with E-state index in [1.165, 1.54) is 18.5 Å². The molecule has 1 rings (SSSR count). The second-order valence-electron chi connectivity index (χ2n) is 4.27. The van der Waals surface area contributed by atoms with E-state index in [0.29, 0.717) is 12.0 Å². The summed E-state index contributed by atoms with van der Waals surface area (Å²) in [5, 5.41) is 3.52. The van der Waals surface area contributed by atoms with Crippen LogP contribution in [0.15, 0.2) is 12.5 Å². The van der Waals surface area contributed by atoms with Gasteiger partial charge < -0.3 is 9.88 Å². The molecule has 0 spiro atoms. The summed E-state index contributed by atoms with van der Waals surface area (Å²) in [4.78, 5) is 4.44. The Bertz CT molecular complexity index is 280. The first-order chi connectivity index (χ1) is 7.19. The van der Waals surface area contributed by atoms with E-state index in [2.05, 4.69) is 37.3 Å². The third-order valence-corrected chi connectivity index (χ3v) is 2.78. The summed E-state index contributed by atoms with van der Waals surface area (Å²) in [5.41, 5.74) is 1.17. The van der Waals surface area contributed by atoms with Crippen molar-refractivity contribution in [3.8, 4) is 0 Å².